The van der Waals surface area contributed by atoms with Crippen LogP contribution in [-0.4, -0.2) is 23.1 Å². The first kappa shape index (κ1) is 13.4. The third kappa shape index (κ3) is 3.25. The van der Waals surface area contributed by atoms with Gasteiger partial charge in [0.25, 0.3) is 0 Å². The molecule has 1 aliphatic heterocycles. The Morgan fingerprint density at radius 2 is 2.29 bits per heavy atom. The lowest BCUT2D eigenvalue weighted by atomic mass is 10.1. The van der Waals surface area contributed by atoms with Crippen molar-refractivity contribution < 1.29 is 9.84 Å². The summed E-state index contributed by atoms with van der Waals surface area (Å²) >= 11 is 5.42. The predicted octanol–water partition coefficient (Wildman–Crippen LogP) is 3.77. The lowest BCUT2D eigenvalue weighted by Gasteiger charge is -2.15. The van der Waals surface area contributed by atoms with Gasteiger partial charge in [0.1, 0.15) is 0 Å². The molecular weight excluding hydrogens is 300 g/mol. The van der Waals surface area contributed by atoms with Crippen molar-refractivity contribution in [2.24, 2.45) is 0 Å². The number of hydrogen-bond acceptors (Lipinski definition) is 3. The van der Waals surface area contributed by atoms with Gasteiger partial charge < -0.3 is 9.84 Å². The maximum atomic E-state index is 9.52. The lowest BCUT2D eigenvalue weighted by Crippen LogP contribution is -2.13. The number of ether oxygens (including phenoxy) is 1. The second-order valence-corrected chi connectivity index (χ2v) is 6.52. The molecule has 1 aromatic carbocycles. The highest BCUT2D eigenvalue weighted by molar-refractivity contribution is 9.10. The monoisotopic (exact) mass is 316 g/mol. The van der Waals surface area contributed by atoms with E-state index in [1.54, 1.807) is 6.92 Å². The Balaban J connectivity index is 2.11. The molecule has 4 heteroatoms. The highest BCUT2D eigenvalue weighted by Crippen LogP contribution is 2.37. The molecule has 1 aliphatic rings. The Morgan fingerprint density at radius 1 is 1.53 bits per heavy atom. The SMILES string of the molecule is CC1OCCC1Sc1ccc([C@H](C)O)cc1Br. The van der Waals surface area contributed by atoms with Gasteiger partial charge in [0.05, 0.1) is 12.2 Å². The normalized spacial score (nSPS) is 26.1. The molecule has 1 fully saturated rings. The summed E-state index contributed by atoms with van der Waals surface area (Å²) in [5.41, 5.74) is 0.942. The molecule has 2 rings (SSSR count). The number of hydrogen-bond donors (Lipinski definition) is 1. The van der Waals surface area contributed by atoms with E-state index in [1.807, 2.05) is 23.9 Å². The maximum Gasteiger partial charge on any atom is 0.0762 e. The topological polar surface area (TPSA) is 29.5 Å². The van der Waals surface area contributed by atoms with E-state index in [0.29, 0.717) is 11.4 Å². The van der Waals surface area contributed by atoms with Gasteiger partial charge in [-0.15, -0.1) is 11.8 Å². The van der Waals surface area contributed by atoms with Crippen molar-refractivity contribution in [3.63, 3.8) is 0 Å². The molecule has 0 bridgehead atoms. The number of halogens is 1. The zero-order valence-corrected chi connectivity index (χ0v) is 12.4. The van der Waals surface area contributed by atoms with Crippen LogP contribution in [-0.2, 0) is 4.74 Å². The maximum absolute atomic E-state index is 9.52. The molecule has 3 atom stereocenters. The molecule has 0 saturated carbocycles. The van der Waals surface area contributed by atoms with E-state index < -0.39 is 6.10 Å². The standard InChI is InChI=1S/C13H17BrO2S/c1-8(15)10-3-4-13(11(14)7-10)17-12-5-6-16-9(12)2/h3-4,7-9,12,15H,5-6H2,1-2H3/t8-,9?,12?/m0/s1. The molecule has 1 aromatic rings. The smallest absolute Gasteiger partial charge is 0.0762 e. The fourth-order valence-electron chi connectivity index (χ4n) is 1.90. The number of thioether (sulfide) groups is 1. The van der Waals surface area contributed by atoms with Crippen LogP contribution in [0.1, 0.15) is 31.9 Å². The molecule has 94 valence electrons. The fourth-order valence-corrected chi connectivity index (χ4v) is 3.71. The molecule has 2 unspecified atom stereocenters. The highest BCUT2D eigenvalue weighted by Gasteiger charge is 2.25. The van der Waals surface area contributed by atoms with Crippen LogP contribution in [0.5, 0.6) is 0 Å². The number of benzene rings is 1. The number of aliphatic hydroxyl groups is 1. The van der Waals surface area contributed by atoms with Crippen molar-refractivity contribution in [1.82, 2.24) is 0 Å². The second-order valence-electron chi connectivity index (χ2n) is 4.39. The fraction of sp³-hybridized carbons (Fsp3) is 0.538. The molecule has 1 saturated heterocycles. The van der Waals surface area contributed by atoms with Crippen molar-refractivity contribution in [2.75, 3.05) is 6.61 Å². The quantitative estimate of drug-likeness (QED) is 0.920. The summed E-state index contributed by atoms with van der Waals surface area (Å²) in [5, 5.41) is 10.0. The highest BCUT2D eigenvalue weighted by atomic mass is 79.9. The van der Waals surface area contributed by atoms with Crippen LogP contribution >= 0.6 is 27.7 Å². The molecule has 0 aliphatic carbocycles. The molecule has 0 amide bonds. The predicted molar refractivity (Wildman–Crippen MR) is 74.5 cm³/mol. The Morgan fingerprint density at radius 3 is 2.82 bits per heavy atom. The summed E-state index contributed by atoms with van der Waals surface area (Å²) in [7, 11) is 0. The van der Waals surface area contributed by atoms with Gasteiger partial charge >= 0.3 is 0 Å². The van der Waals surface area contributed by atoms with Gasteiger partial charge in [-0.25, -0.2) is 0 Å². The Bertz CT molecular complexity index is 395. The molecule has 17 heavy (non-hydrogen) atoms. The minimum Gasteiger partial charge on any atom is -0.389 e. The summed E-state index contributed by atoms with van der Waals surface area (Å²) in [4.78, 5) is 1.22. The van der Waals surface area contributed by atoms with Gasteiger partial charge in [-0.2, -0.15) is 0 Å². The van der Waals surface area contributed by atoms with E-state index in [9.17, 15) is 5.11 Å². The minimum absolute atomic E-state index is 0.323. The molecule has 0 radical (unpaired) electrons. The van der Waals surface area contributed by atoms with Gasteiger partial charge in [-0.05, 0) is 53.9 Å². The van der Waals surface area contributed by atoms with E-state index in [0.717, 1.165) is 23.1 Å². The zero-order valence-electron chi connectivity index (χ0n) is 10.0. The van der Waals surface area contributed by atoms with Crippen LogP contribution in [0.4, 0.5) is 0 Å². The van der Waals surface area contributed by atoms with Crippen LogP contribution in [0, 0.1) is 0 Å². The molecule has 2 nitrogen and oxygen atoms in total. The van der Waals surface area contributed by atoms with Crippen molar-refractivity contribution in [1.29, 1.82) is 0 Å². The number of aliphatic hydroxyl groups excluding tert-OH is 1. The molecule has 0 aromatic heterocycles. The average molecular weight is 317 g/mol. The largest absolute Gasteiger partial charge is 0.389 e. The molecule has 0 spiro atoms. The van der Waals surface area contributed by atoms with E-state index in [1.165, 1.54) is 4.90 Å². The van der Waals surface area contributed by atoms with E-state index in [2.05, 4.69) is 28.9 Å². The first-order chi connectivity index (χ1) is 8.08. The van der Waals surface area contributed by atoms with E-state index in [4.69, 9.17) is 4.74 Å². The van der Waals surface area contributed by atoms with Crippen LogP contribution < -0.4 is 0 Å². The van der Waals surface area contributed by atoms with E-state index >= 15 is 0 Å². The van der Waals surface area contributed by atoms with E-state index in [-0.39, 0.29) is 0 Å². The van der Waals surface area contributed by atoms with Crippen molar-refractivity contribution in [3.05, 3.63) is 28.2 Å². The number of rotatable bonds is 3. The molecule has 1 N–H and O–H groups in total. The third-order valence-electron chi connectivity index (χ3n) is 3.02. The summed E-state index contributed by atoms with van der Waals surface area (Å²) < 4.78 is 6.62. The summed E-state index contributed by atoms with van der Waals surface area (Å²) in [6, 6.07) is 6.05. The van der Waals surface area contributed by atoms with Crippen molar-refractivity contribution >= 4 is 27.7 Å². The Labute approximate surface area is 115 Å². The average Bonchev–Trinajstić information content (AvgIpc) is 2.67. The van der Waals surface area contributed by atoms with Gasteiger partial charge in [-0.3, -0.25) is 0 Å². The van der Waals surface area contributed by atoms with Crippen LogP contribution in [0.25, 0.3) is 0 Å². The van der Waals surface area contributed by atoms with Gasteiger partial charge in [0, 0.05) is 21.2 Å². The second kappa shape index (κ2) is 5.74. The van der Waals surface area contributed by atoms with Crippen LogP contribution in [0.15, 0.2) is 27.6 Å². The minimum atomic E-state index is -0.418. The first-order valence-electron chi connectivity index (χ1n) is 5.83. The van der Waals surface area contributed by atoms with Crippen LogP contribution in [0.2, 0.25) is 0 Å². The van der Waals surface area contributed by atoms with Gasteiger partial charge in [-0.1, -0.05) is 6.07 Å². The van der Waals surface area contributed by atoms with Crippen molar-refractivity contribution in [2.45, 2.75) is 42.6 Å². The van der Waals surface area contributed by atoms with Crippen LogP contribution in [0.3, 0.4) is 0 Å². The third-order valence-corrected chi connectivity index (χ3v) is 5.47. The Kier molecular flexibility index (Phi) is 4.53. The summed E-state index contributed by atoms with van der Waals surface area (Å²) in [6.45, 7) is 4.77. The summed E-state index contributed by atoms with van der Waals surface area (Å²) in [5.74, 6) is 0. The molecular formula is C13H17BrO2S. The lowest BCUT2D eigenvalue weighted by molar-refractivity contribution is 0.127. The summed E-state index contributed by atoms with van der Waals surface area (Å²) in [6.07, 6.45) is 1.01. The first-order valence-corrected chi connectivity index (χ1v) is 7.51. The van der Waals surface area contributed by atoms with Crippen molar-refractivity contribution in [3.8, 4) is 0 Å². The van der Waals surface area contributed by atoms with Gasteiger partial charge in [0.2, 0.25) is 0 Å². The molecule has 1 heterocycles. The zero-order chi connectivity index (χ0) is 12.4. The van der Waals surface area contributed by atoms with Gasteiger partial charge in [0.15, 0.2) is 0 Å². The Hall–Kier alpha value is -0.0300.